The van der Waals surface area contributed by atoms with Crippen molar-refractivity contribution < 1.29 is 0 Å². The van der Waals surface area contributed by atoms with Gasteiger partial charge in [-0.3, -0.25) is 0 Å². The van der Waals surface area contributed by atoms with Crippen LogP contribution in [0.4, 0.5) is 0 Å². The second-order valence-electron chi connectivity index (χ2n) is 2.77. The summed E-state index contributed by atoms with van der Waals surface area (Å²) < 4.78 is 0. The molecular formula is C8H14N2S. The van der Waals surface area contributed by atoms with Gasteiger partial charge in [-0.25, -0.2) is 0 Å². The van der Waals surface area contributed by atoms with Gasteiger partial charge in [0.25, 0.3) is 0 Å². The zero-order chi connectivity index (χ0) is 8.10. The van der Waals surface area contributed by atoms with Crippen LogP contribution in [0.3, 0.4) is 0 Å². The molecule has 0 spiro atoms. The van der Waals surface area contributed by atoms with E-state index in [1.54, 1.807) is 6.08 Å². The van der Waals surface area contributed by atoms with E-state index in [4.69, 9.17) is 12.2 Å². The molecule has 1 saturated carbocycles. The first-order chi connectivity index (χ1) is 5.33. The Morgan fingerprint density at radius 3 is 2.82 bits per heavy atom. The summed E-state index contributed by atoms with van der Waals surface area (Å²) in [4.78, 5) is 0. The van der Waals surface area contributed by atoms with Crippen LogP contribution in [0.25, 0.3) is 0 Å². The van der Waals surface area contributed by atoms with Gasteiger partial charge < -0.3 is 10.6 Å². The molecule has 2 N–H and O–H groups in total. The summed E-state index contributed by atoms with van der Waals surface area (Å²) in [5.41, 5.74) is 0. The Balaban J connectivity index is 2.04. The van der Waals surface area contributed by atoms with Crippen LogP contribution in [0.15, 0.2) is 12.7 Å². The fourth-order valence-electron chi connectivity index (χ4n) is 0.954. The molecule has 0 radical (unpaired) electrons. The Morgan fingerprint density at radius 1 is 1.64 bits per heavy atom. The summed E-state index contributed by atoms with van der Waals surface area (Å²) in [6.45, 7) is 4.34. The molecule has 0 amide bonds. The number of hydrogen-bond acceptors (Lipinski definition) is 1. The van der Waals surface area contributed by atoms with Crippen LogP contribution in [0, 0.1) is 0 Å². The van der Waals surface area contributed by atoms with Crippen molar-refractivity contribution in [3.63, 3.8) is 0 Å². The summed E-state index contributed by atoms with van der Waals surface area (Å²) in [6, 6.07) is 0.625. The lowest BCUT2D eigenvalue weighted by molar-refractivity contribution is 0.382. The van der Waals surface area contributed by atoms with Crippen LogP contribution in [-0.4, -0.2) is 17.7 Å². The molecule has 0 atom stereocenters. The first-order valence-electron chi connectivity index (χ1n) is 3.98. The highest BCUT2D eigenvalue weighted by atomic mass is 32.1. The van der Waals surface area contributed by atoms with E-state index in [1.165, 1.54) is 19.3 Å². The van der Waals surface area contributed by atoms with Gasteiger partial charge in [-0.05, 0) is 31.5 Å². The topological polar surface area (TPSA) is 24.1 Å². The van der Waals surface area contributed by atoms with E-state index in [2.05, 4.69) is 17.2 Å². The molecular weight excluding hydrogens is 156 g/mol. The van der Waals surface area contributed by atoms with Crippen molar-refractivity contribution in [2.75, 3.05) is 6.54 Å². The smallest absolute Gasteiger partial charge is 0.166 e. The summed E-state index contributed by atoms with van der Waals surface area (Å²) in [6.07, 6.45) is 5.66. The molecule has 3 heteroatoms. The lowest BCUT2D eigenvalue weighted by Gasteiger charge is -2.27. The van der Waals surface area contributed by atoms with Gasteiger partial charge in [0.2, 0.25) is 0 Å². The lowest BCUT2D eigenvalue weighted by Crippen LogP contribution is -2.44. The highest BCUT2D eigenvalue weighted by Gasteiger charge is 2.17. The highest BCUT2D eigenvalue weighted by molar-refractivity contribution is 7.80. The Hall–Kier alpha value is -0.570. The molecule has 1 rings (SSSR count). The average molecular weight is 170 g/mol. The number of nitrogens with one attached hydrogen (secondary N) is 2. The van der Waals surface area contributed by atoms with Gasteiger partial charge >= 0.3 is 0 Å². The predicted octanol–water partition coefficient (Wildman–Crippen LogP) is 1.19. The van der Waals surface area contributed by atoms with Gasteiger partial charge in [0.15, 0.2) is 5.11 Å². The molecule has 0 saturated heterocycles. The van der Waals surface area contributed by atoms with Gasteiger partial charge in [0, 0.05) is 12.6 Å². The quantitative estimate of drug-likeness (QED) is 0.491. The Bertz CT molecular complexity index is 152. The number of rotatable bonds is 3. The highest BCUT2D eigenvalue weighted by Crippen LogP contribution is 2.17. The fourth-order valence-corrected chi connectivity index (χ4v) is 1.20. The van der Waals surface area contributed by atoms with Crippen LogP contribution in [-0.2, 0) is 0 Å². The molecule has 0 aromatic heterocycles. The van der Waals surface area contributed by atoms with Crippen molar-refractivity contribution in [3.05, 3.63) is 12.7 Å². The third-order valence-electron chi connectivity index (χ3n) is 1.85. The number of thiocarbonyl (C=S) groups is 1. The van der Waals surface area contributed by atoms with Crippen LogP contribution >= 0.6 is 12.2 Å². The molecule has 0 aromatic carbocycles. The van der Waals surface area contributed by atoms with E-state index in [0.29, 0.717) is 6.04 Å². The normalized spacial score (nSPS) is 16.7. The zero-order valence-corrected chi connectivity index (χ0v) is 7.41. The Kier molecular flexibility index (Phi) is 3.36. The van der Waals surface area contributed by atoms with Crippen LogP contribution in [0.2, 0.25) is 0 Å². The number of hydrogen-bond donors (Lipinski definition) is 2. The minimum atomic E-state index is 0.625. The van der Waals surface area contributed by atoms with Gasteiger partial charge in [-0.2, -0.15) is 0 Å². The lowest BCUT2D eigenvalue weighted by atomic mass is 9.93. The molecule has 2 nitrogen and oxygen atoms in total. The predicted molar refractivity (Wildman–Crippen MR) is 51.6 cm³/mol. The Morgan fingerprint density at radius 2 is 2.36 bits per heavy atom. The average Bonchev–Trinajstić information content (AvgIpc) is 1.93. The van der Waals surface area contributed by atoms with Crippen molar-refractivity contribution in [1.82, 2.24) is 10.6 Å². The monoisotopic (exact) mass is 170 g/mol. The first kappa shape index (κ1) is 8.53. The van der Waals surface area contributed by atoms with Crippen LogP contribution in [0.5, 0.6) is 0 Å². The van der Waals surface area contributed by atoms with E-state index in [0.717, 1.165) is 11.7 Å². The molecule has 62 valence electrons. The largest absolute Gasteiger partial charge is 0.360 e. The van der Waals surface area contributed by atoms with Crippen molar-refractivity contribution in [1.29, 1.82) is 0 Å². The molecule has 0 aromatic rings. The SMILES string of the molecule is C=CCNC(=S)NC1CCC1. The molecule has 11 heavy (non-hydrogen) atoms. The van der Waals surface area contributed by atoms with E-state index < -0.39 is 0 Å². The second-order valence-corrected chi connectivity index (χ2v) is 3.18. The first-order valence-corrected chi connectivity index (χ1v) is 4.39. The third-order valence-corrected chi connectivity index (χ3v) is 2.11. The van der Waals surface area contributed by atoms with Gasteiger partial charge in [0.05, 0.1) is 0 Å². The molecule has 1 fully saturated rings. The summed E-state index contributed by atoms with van der Waals surface area (Å²) in [5, 5.41) is 7.02. The maximum absolute atomic E-state index is 5.03. The molecule has 0 heterocycles. The molecule has 0 unspecified atom stereocenters. The summed E-state index contributed by atoms with van der Waals surface area (Å²) in [5.74, 6) is 0. The third kappa shape index (κ3) is 2.89. The summed E-state index contributed by atoms with van der Waals surface area (Å²) >= 11 is 5.03. The summed E-state index contributed by atoms with van der Waals surface area (Å²) in [7, 11) is 0. The van der Waals surface area contributed by atoms with E-state index in [-0.39, 0.29) is 0 Å². The van der Waals surface area contributed by atoms with E-state index in [1.807, 2.05) is 0 Å². The van der Waals surface area contributed by atoms with Crippen molar-refractivity contribution >= 4 is 17.3 Å². The molecule has 1 aliphatic rings. The van der Waals surface area contributed by atoms with Gasteiger partial charge in [0.1, 0.15) is 0 Å². The van der Waals surface area contributed by atoms with E-state index in [9.17, 15) is 0 Å². The standard InChI is InChI=1S/C8H14N2S/c1-2-6-9-8(11)10-7-4-3-5-7/h2,7H,1,3-6H2,(H2,9,10,11). The maximum Gasteiger partial charge on any atom is 0.166 e. The molecule has 0 bridgehead atoms. The van der Waals surface area contributed by atoms with Gasteiger partial charge in [-0.1, -0.05) is 6.08 Å². The fraction of sp³-hybridized carbons (Fsp3) is 0.625. The van der Waals surface area contributed by atoms with Crippen LogP contribution < -0.4 is 10.6 Å². The van der Waals surface area contributed by atoms with E-state index >= 15 is 0 Å². The zero-order valence-electron chi connectivity index (χ0n) is 6.60. The van der Waals surface area contributed by atoms with Crippen molar-refractivity contribution in [2.24, 2.45) is 0 Å². The Labute approximate surface area is 73.1 Å². The molecule has 1 aliphatic carbocycles. The molecule has 0 aliphatic heterocycles. The second kappa shape index (κ2) is 4.34. The van der Waals surface area contributed by atoms with Crippen molar-refractivity contribution in [3.8, 4) is 0 Å². The van der Waals surface area contributed by atoms with Gasteiger partial charge in [-0.15, -0.1) is 6.58 Å². The van der Waals surface area contributed by atoms with Crippen molar-refractivity contribution in [2.45, 2.75) is 25.3 Å². The minimum absolute atomic E-state index is 0.625. The van der Waals surface area contributed by atoms with Crippen LogP contribution in [0.1, 0.15) is 19.3 Å². The minimum Gasteiger partial charge on any atom is -0.360 e. The maximum atomic E-state index is 5.03.